The van der Waals surface area contributed by atoms with E-state index in [1.54, 1.807) is 24.3 Å². The molecule has 2 aromatic carbocycles. The van der Waals surface area contributed by atoms with Crippen LogP contribution in [-0.2, 0) is 25.5 Å². The lowest BCUT2D eigenvalue weighted by atomic mass is 10.0. The second-order valence-corrected chi connectivity index (χ2v) is 8.57. The topological polar surface area (TPSA) is 102 Å². The third-order valence-electron chi connectivity index (χ3n) is 5.94. The van der Waals surface area contributed by atoms with Gasteiger partial charge in [-0.2, -0.15) is 0 Å². The Balaban J connectivity index is 1.29. The molecule has 1 fully saturated rings. The lowest BCUT2D eigenvalue weighted by Crippen LogP contribution is -2.26. The number of amides is 2. The molecule has 0 bridgehead atoms. The summed E-state index contributed by atoms with van der Waals surface area (Å²) in [7, 11) is 0. The summed E-state index contributed by atoms with van der Waals surface area (Å²) in [5.41, 5.74) is 2.24. The van der Waals surface area contributed by atoms with E-state index in [1.807, 2.05) is 30.3 Å². The van der Waals surface area contributed by atoms with Crippen molar-refractivity contribution in [3.63, 3.8) is 0 Å². The van der Waals surface area contributed by atoms with Gasteiger partial charge in [-0.05, 0) is 37.0 Å². The number of aryl methyl sites for hydroxylation is 1. The first-order chi connectivity index (χ1) is 16.5. The van der Waals surface area contributed by atoms with Crippen LogP contribution in [0.3, 0.4) is 0 Å². The minimum absolute atomic E-state index is 0.00403. The van der Waals surface area contributed by atoms with Gasteiger partial charge in [-0.15, -0.1) is 0 Å². The van der Waals surface area contributed by atoms with E-state index in [2.05, 4.69) is 10.6 Å². The van der Waals surface area contributed by atoms with E-state index in [1.165, 1.54) is 0 Å². The first kappa shape index (κ1) is 25.3. The van der Waals surface area contributed by atoms with Crippen molar-refractivity contribution in [3.8, 4) is 0 Å². The highest BCUT2D eigenvalue weighted by Crippen LogP contribution is 2.25. The molecule has 0 atom stereocenters. The van der Waals surface area contributed by atoms with Crippen molar-refractivity contribution in [2.45, 2.75) is 44.9 Å². The third-order valence-corrected chi connectivity index (χ3v) is 5.94. The van der Waals surface area contributed by atoms with Crippen LogP contribution in [-0.4, -0.2) is 43.1 Å². The zero-order valence-electron chi connectivity index (χ0n) is 19.4. The number of carbonyl (C=O) groups excluding carboxylic acids is 4. The van der Waals surface area contributed by atoms with Gasteiger partial charge in [-0.1, -0.05) is 55.3 Å². The number of anilines is 1. The zero-order chi connectivity index (χ0) is 24.2. The standard InChI is InChI=1S/C27H32N2O5/c30-24(21-6-2-1-3-7-21)16-17-28-26(32)15-12-20-10-13-23(14-11-20)29-27(33)19-34-18-25(31)22-8-4-5-9-22/h1-3,6-7,10-11,13-14,22H,4-5,8-9,12,15-19H2,(H,28,32)(H,29,33). The molecule has 0 heterocycles. The van der Waals surface area contributed by atoms with Gasteiger partial charge >= 0.3 is 0 Å². The van der Waals surface area contributed by atoms with Crippen molar-refractivity contribution >= 4 is 29.1 Å². The van der Waals surface area contributed by atoms with Crippen LogP contribution < -0.4 is 10.6 Å². The lowest BCUT2D eigenvalue weighted by molar-refractivity contribution is -0.130. The molecule has 0 saturated heterocycles. The van der Waals surface area contributed by atoms with Gasteiger partial charge in [0, 0.05) is 36.6 Å². The fourth-order valence-corrected chi connectivity index (χ4v) is 3.99. The molecule has 0 spiro atoms. The molecule has 1 aliphatic rings. The van der Waals surface area contributed by atoms with Gasteiger partial charge in [-0.25, -0.2) is 0 Å². The fraction of sp³-hybridized carbons (Fsp3) is 0.407. The molecule has 7 nitrogen and oxygen atoms in total. The van der Waals surface area contributed by atoms with Gasteiger partial charge in [-0.3, -0.25) is 19.2 Å². The minimum atomic E-state index is -0.309. The Bertz CT molecular complexity index is 966. The van der Waals surface area contributed by atoms with Crippen LogP contribution in [0.4, 0.5) is 5.69 Å². The molecule has 2 N–H and O–H groups in total. The summed E-state index contributed by atoms with van der Waals surface area (Å²) in [6.45, 7) is 0.137. The van der Waals surface area contributed by atoms with Crippen molar-refractivity contribution in [1.82, 2.24) is 5.32 Å². The lowest BCUT2D eigenvalue weighted by Gasteiger charge is -2.09. The fourth-order valence-electron chi connectivity index (χ4n) is 3.99. The van der Waals surface area contributed by atoms with Crippen LogP contribution in [0.25, 0.3) is 0 Å². The Morgan fingerprint density at radius 1 is 0.824 bits per heavy atom. The summed E-state index contributed by atoms with van der Waals surface area (Å²) < 4.78 is 5.28. The first-order valence-electron chi connectivity index (χ1n) is 11.9. The Morgan fingerprint density at radius 2 is 1.53 bits per heavy atom. The second-order valence-electron chi connectivity index (χ2n) is 8.57. The maximum atomic E-state index is 12.1. The van der Waals surface area contributed by atoms with Crippen LogP contribution in [0, 0.1) is 5.92 Å². The summed E-state index contributed by atoms with van der Waals surface area (Å²) >= 11 is 0. The molecule has 2 aromatic rings. The Kier molecular flexibility index (Phi) is 9.98. The molecule has 1 saturated carbocycles. The van der Waals surface area contributed by atoms with E-state index in [4.69, 9.17) is 4.74 Å². The number of hydrogen-bond acceptors (Lipinski definition) is 5. The predicted molar refractivity (Wildman–Crippen MR) is 130 cm³/mol. The van der Waals surface area contributed by atoms with E-state index >= 15 is 0 Å². The molecule has 1 aliphatic carbocycles. The van der Waals surface area contributed by atoms with Crippen LogP contribution in [0.2, 0.25) is 0 Å². The highest BCUT2D eigenvalue weighted by Gasteiger charge is 2.22. The summed E-state index contributed by atoms with van der Waals surface area (Å²) in [4.78, 5) is 48.1. The van der Waals surface area contributed by atoms with E-state index in [-0.39, 0.29) is 48.9 Å². The maximum Gasteiger partial charge on any atom is 0.250 e. The van der Waals surface area contributed by atoms with Crippen LogP contribution >= 0.6 is 0 Å². The molecule has 0 radical (unpaired) electrons. The van der Waals surface area contributed by atoms with E-state index < -0.39 is 0 Å². The molecule has 0 unspecified atom stereocenters. The normalized spacial score (nSPS) is 13.4. The average molecular weight is 465 g/mol. The monoisotopic (exact) mass is 464 g/mol. The van der Waals surface area contributed by atoms with Crippen molar-refractivity contribution < 1.29 is 23.9 Å². The minimum Gasteiger partial charge on any atom is -0.364 e. The number of Topliss-reactive ketones (excluding diaryl/α,β-unsaturated/α-hetero) is 2. The zero-order valence-corrected chi connectivity index (χ0v) is 19.4. The van der Waals surface area contributed by atoms with Crippen molar-refractivity contribution in [2.75, 3.05) is 25.1 Å². The maximum absolute atomic E-state index is 12.1. The average Bonchev–Trinajstić information content (AvgIpc) is 3.39. The van der Waals surface area contributed by atoms with Crippen LogP contribution in [0.1, 0.15) is 54.4 Å². The van der Waals surface area contributed by atoms with Crippen molar-refractivity contribution in [3.05, 3.63) is 65.7 Å². The number of ether oxygens (including phenoxy) is 1. The van der Waals surface area contributed by atoms with Gasteiger partial charge in [0.05, 0.1) is 0 Å². The van der Waals surface area contributed by atoms with Gasteiger partial charge in [0.15, 0.2) is 11.6 Å². The van der Waals surface area contributed by atoms with E-state index in [0.717, 1.165) is 31.2 Å². The number of hydrogen-bond donors (Lipinski definition) is 2. The molecule has 180 valence electrons. The van der Waals surface area contributed by atoms with Gasteiger partial charge < -0.3 is 15.4 Å². The molecule has 2 amide bonds. The number of rotatable bonds is 13. The van der Waals surface area contributed by atoms with Gasteiger partial charge in [0.25, 0.3) is 0 Å². The number of ketones is 2. The van der Waals surface area contributed by atoms with Crippen LogP contribution in [0.15, 0.2) is 54.6 Å². The molecular formula is C27H32N2O5. The quantitative estimate of drug-likeness (QED) is 0.440. The summed E-state index contributed by atoms with van der Waals surface area (Å²) in [6, 6.07) is 16.3. The van der Waals surface area contributed by atoms with Crippen LogP contribution in [0.5, 0.6) is 0 Å². The van der Waals surface area contributed by atoms with E-state index in [0.29, 0.717) is 30.6 Å². The van der Waals surface area contributed by atoms with Gasteiger partial charge in [0.1, 0.15) is 13.2 Å². The second kappa shape index (κ2) is 13.4. The summed E-state index contributed by atoms with van der Waals surface area (Å²) in [5.74, 6) is -0.237. The molecule has 0 aromatic heterocycles. The van der Waals surface area contributed by atoms with Crippen molar-refractivity contribution in [1.29, 1.82) is 0 Å². The summed E-state index contributed by atoms with van der Waals surface area (Å²) in [6.07, 6.45) is 5.17. The highest BCUT2D eigenvalue weighted by atomic mass is 16.5. The number of nitrogens with one attached hydrogen (secondary N) is 2. The molecule has 3 rings (SSSR count). The SMILES string of the molecule is O=C(CCc1ccc(NC(=O)COCC(=O)C2CCCC2)cc1)NCCC(=O)c1ccccc1. The summed E-state index contributed by atoms with van der Waals surface area (Å²) in [5, 5.41) is 5.52. The van der Waals surface area contributed by atoms with Crippen molar-refractivity contribution in [2.24, 2.45) is 5.92 Å². The molecule has 0 aliphatic heterocycles. The first-order valence-corrected chi connectivity index (χ1v) is 11.9. The number of carbonyl (C=O) groups is 4. The predicted octanol–water partition coefficient (Wildman–Crippen LogP) is 3.72. The van der Waals surface area contributed by atoms with Gasteiger partial charge in [0.2, 0.25) is 11.8 Å². The third kappa shape index (κ3) is 8.56. The van der Waals surface area contributed by atoms with E-state index in [9.17, 15) is 19.2 Å². The molecule has 7 heteroatoms. The smallest absolute Gasteiger partial charge is 0.250 e. The molecule has 34 heavy (non-hydrogen) atoms. The molecular weight excluding hydrogens is 432 g/mol. The Labute approximate surface area is 200 Å². The number of benzene rings is 2. The highest BCUT2D eigenvalue weighted by molar-refractivity contribution is 5.96. The Hall–Kier alpha value is -3.32. The largest absolute Gasteiger partial charge is 0.364 e. The Morgan fingerprint density at radius 3 is 2.24 bits per heavy atom.